The molecular formula is C11H20NO9P. The lowest BCUT2D eigenvalue weighted by Gasteiger charge is -2.18. The molecule has 1 amide bonds. The van der Waals surface area contributed by atoms with Gasteiger partial charge in [-0.05, 0) is 0 Å². The van der Waals surface area contributed by atoms with Gasteiger partial charge in [0.2, 0.25) is 5.91 Å². The van der Waals surface area contributed by atoms with Crippen molar-refractivity contribution in [1.82, 2.24) is 5.32 Å². The van der Waals surface area contributed by atoms with Crippen LogP contribution in [0.2, 0.25) is 0 Å². The average molecular weight is 341 g/mol. The van der Waals surface area contributed by atoms with E-state index in [1.807, 2.05) is 0 Å². The summed E-state index contributed by atoms with van der Waals surface area (Å²) in [6, 6.07) is 0. The third-order valence-electron chi connectivity index (χ3n) is 1.96. The number of amides is 1. The SMILES string of the molecule is CC(=O)NCCOP(=O)(O)OC[C@@H](COC(C)=O)OC(C)=O. The van der Waals surface area contributed by atoms with Gasteiger partial charge in [0.1, 0.15) is 6.61 Å². The first-order chi connectivity index (χ1) is 10.1. The number of carbonyl (C=O) groups excluding carboxylic acids is 3. The van der Waals surface area contributed by atoms with E-state index in [1.165, 1.54) is 6.92 Å². The van der Waals surface area contributed by atoms with Gasteiger partial charge in [0.15, 0.2) is 6.10 Å². The van der Waals surface area contributed by atoms with Gasteiger partial charge >= 0.3 is 19.8 Å². The van der Waals surface area contributed by atoms with Gasteiger partial charge in [-0.25, -0.2) is 4.57 Å². The number of ether oxygens (including phenoxy) is 2. The van der Waals surface area contributed by atoms with Gasteiger partial charge in [0.05, 0.1) is 13.2 Å². The third kappa shape index (κ3) is 12.3. The highest BCUT2D eigenvalue weighted by Crippen LogP contribution is 2.43. The number of phosphoric acid groups is 1. The first-order valence-electron chi connectivity index (χ1n) is 6.29. The summed E-state index contributed by atoms with van der Waals surface area (Å²) in [5.74, 6) is -1.58. The number of hydrogen-bond acceptors (Lipinski definition) is 8. The molecule has 11 heteroatoms. The van der Waals surface area contributed by atoms with Crippen molar-refractivity contribution in [1.29, 1.82) is 0 Å². The minimum atomic E-state index is -4.38. The van der Waals surface area contributed by atoms with Crippen molar-refractivity contribution < 1.29 is 42.4 Å². The van der Waals surface area contributed by atoms with E-state index in [2.05, 4.69) is 19.1 Å². The van der Waals surface area contributed by atoms with Crippen molar-refractivity contribution >= 4 is 25.7 Å². The topological polar surface area (TPSA) is 137 Å². The highest BCUT2D eigenvalue weighted by atomic mass is 31.2. The van der Waals surface area contributed by atoms with Crippen LogP contribution in [0.15, 0.2) is 0 Å². The van der Waals surface area contributed by atoms with Gasteiger partial charge in [-0.3, -0.25) is 23.4 Å². The van der Waals surface area contributed by atoms with E-state index in [1.54, 1.807) is 0 Å². The lowest BCUT2D eigenvalue weighted by Crippen LogP contribution is -2.28. The molecule has 22 heavy (non-hydrogen) atoms. The third-order valence-corrected chi connectivity index (χ3v) is 2.94. The van der Waals surface area contributed by atoms with Crippen LogP contribution < -0.4 is 5.32 Å². The van der Waals surface area contributed by atoms with Crippen molar-refractivity contribution in [2.24, 2.45) is 0 Å². The maximum absolute atomic E-state index is 11.5. The number of hydrogen-bond donors (Lipinski definition) is 2. The Morgan fingerprint density at radius 3 is 2.23 bits per heavy atom. The van der Waals surface area contributed by atoms with Crippen LogP contribution in [-0.4, -0.2) is 55.2 Å². The Kier molecular flexibility index (Phi) is 9.59. The van der Waals surface area contributed by atoms with Crippen LogP contribution in [0.5, 0.6) is 0 Å². The van der Waals surface area contributed by atoms with E-state index in [9.17, 15) is 23.8 Å². The molecule has 10 nitrogen and oxygen atoms in total. The Hall–Kier alpha value is -1.48. The summed E-state index contributed by atoms with van der Waals surface area (Å²) in [7, 11) is -4.38. The fourth-order valence-corrected chi connectivity index (χ4v) is 1.92. The van der Waals surface area contributed by atoms with E-state index in [-0.39, 0.29) is 25.7 Å². The first kappa shape index (κ1) is 20.5. The number of carbonyl (C=O) groups is 3. The largest absolute Gasteiger partial charge is 0.472 e. The standard InChI is InChI=1S/C11H20NO9P/c1-8(13)12-4-5-19-22(16,17)20-7-11(21-10(3)15)6-18-9(2)14/h11H,4-7H2,1-3H3,(H,12,13)(H,16,17)/t11-/m1/s1. The van der Waals surface area contributed by atoms with Crippen LogP contribution in [0, 0.1) is 0 Å². The molecule has 0 aliphatic rings. The zero-order valence-corrected chi connectivity index (χ0v) is 13.5. The van der Waals surface area contributed by atoms with Crippen LogP contribution >= 0.6 is 7.82 Å². The predicted molar refractivity (Wildman–Crippen MR) is 72.6 cm³/mol. The highest BCUT2D eigenvalue weighted by molar-refractivity contribution is 7.47. The van der Waals surface area contributed by atoms with Gasteiger partial charge < -0.3 is 19.7 Å². The number of phosphoric ester groups is 1. The van der Waals surface area contributed by atoms with Gasteiger partial charge in [-0.15, -0.1) is 0 Å². The zero-order valence-electron chi connectivity index (χ0n) is 12.6. The normalized spacial score (nSPS) is 14.5. The Labute approximate surface area is 127 Å². The van der Waals surface area contributed by atoms with Crippen molar-refractivity contribution in [2.75, 3.05) is 26.4 Å². The van der Waals surface area contributed by atoms with Crippen LogP contribution in [0.1, 0.15) is 20.8 Å². The molecule has 0 spiro atoms. The smallest absolute Gasteiger partial charge is 0.462 e. The highest BCUT2D eigenvalue weighted by Gasteiger charge is 2.25. The summed E-state index contributed by atoms with van der Waals surface area (Å²) < 4.78 is 30.2. The molecule has 0 rings (SSSR count). The molecule has 0 radical (unpaired) electrons. The van der Waals surface area contributed by atoms with Crippen molar-refractivity contribution in [3.8, 4) is 0 Å². The summed E-state index contributed by atoms with van der Waals surface area (Å²) in [6.45, 7) is 2.55. The van der Waals surface area contributed by atoms with Crippen LogP contribution in [-0.2, 0) is 37.5 Å². The fourth-order valence-electron chi connectivity index (χ4n) is 1.16. The molecule has 0 bridgehead atoms. The van der Waals surface area contributed by atoms with E-state index >= 15 is 0 Å². The number of rotatable bonds is 10. The minimum Gasteiger partial charge on any atom is -0.462 e. The lowest BCUT2D eigenvalue weighted by molar-refractivity contribution is -0.158. The van der Waals surface area contributed by atoms with E-state index in [0.29, 0.717) is 0 Å². The molecule has 2 N–H and O–H groups in total. The molecule has 0 aromatic rings. The quantitative estimate of drug-likeness (QED) is 0.313. The van der Waals surface area contributed by atoms with Crippen molar-refractivity contribution in [3.05, 3.63) is 0 Å². The summed E-state index contributed by atoms with van der Waals surface area (Å²) in [6.07, 6.45) is -1.04. The van der Waals surface area contributed by atoms with Gasteiger partial charge in [0.25, 0.3) is 0 Å². The van der Waals surface area contributed by atoms with E-state index in [4.69, 9.17) is 4.74 Å². The number of esters is 2. The minimum absolute atomic E-state index is 0.0318. The average Bonchev–Trinajstić information content (AvgIpc) is 2.37. The number of nitrogens with one attached hydrogen (secondary N) is 1. The van der Waals surface area contributed by atoms with Gasteiger partial charge in [-0.1, -0.05) is 0 Å². The first-order valence-corrected chi connectivity index (χ1v) is 7.79. The summed E-state index contributed by atoms with van der Waals surface area (Å²) >= 11 is 0. The summed E-state index contributed by atoms with van der Waals surface area (Å²) in [4.78, 5) is 41.6. The molecule has 0 saturated heterocycles. The monoisotopic (exact) mass is 341 g/mol. The Morgan fingerprint density at radius 2 is 1.73 bits per heavy atom. The second kappa shape index (κ2) is 10.3. The maximum atomic E-state index is 11.5. The molecule has 1 unspecified atom stereocenters. The Morgan fingerprint density at radius 1 is 1.09 bits per heavy atom. The van der Waals surface area contributed by atoms with Gasteiger partial charge in [0, 0.05) is 27.3 Å². The van der Waals surface area contributed by atoms with Crippen molar-refractivity contribution in [2.45, 2.75) is 26.9 Å². The zero-order chi connectivity index (χ0) is 17.2. The van der Waals surface area contributed by atoms with Crippen LogP contribution in [0.25, 0.3) is 0 Å². The van der Waals surface area contributed by atoms with Crippen molar-refractivity contribution in [3.63, 3.8) is 0 Å². The second-order valence-electron chi connectivity index (χ2n) is 4.11. The Balaban J connectivity index is 4.23. The predicted octanol–water partition coefficient (Wildman–Crippen LogP) is -0.249. The molecule has 2 atom stereocenters. The lowest BCUT2D eigenvalue weighted by atomic mass is 10.4. The molecular weight excluding hydrogens is 321 g/mol. The maximum Gasteiger partial charge on any atom is 0.472 e. The molecule has 128 valence electrons. The molecule has 0 aliphatic carbocycles. The fraction of sp³-hybridized carbons (Fsp3) is 0.727. The van der Waals surface area contributed by atoms with Crippen LogP contribution in [0.3, 0.4) is 0 Å². The summed E-state index contributed by atoms with van der Waals surface area (Å²) in [5, 5.41) is 2.36. The molecule has 0 fully saturated rings. The summed E-state index contributed by atoms with van der Waals surface area (Å²) in [5.41, 5.74) is 0. The van der Waals surface area contributed by atoms with E-state index in [0.717, 1.165) is 13.8 Å². The van der Waals surface area contributed by atoms with Gasteiger partial charge in [-0.2, -0.15) is 0 Å². The molecule has 0 aliphatic heterocycles. The molecule has 0 aromatic heterocycles. The van der Waals surface area contributed by atoms with Crippen LogP contribution in [0.4, 0.5) is 0 Å². The molecule has 0 aromatic carbocycles. The second-order valence-corrected chi connectivity index (χ2v) is 5.57. The Bertz CT molecular complexity index is 439. The van der Waals surface area contributed by atoms with E-state index < -0.39 is 32.5 Å². The molecule has 0 heterocycles. The molecule has 0 saturated carbocycles.